The Morgan fingerprint density at radius 1 is 1.08 bits per heavy atom. The average molecular weight is 339 g/mol. The molecule has 2 amide bonds. The van der Waals surface area contributed by atoms with Crippen LogP contribution in [0.4, 0.5) is 10.5 Å². The third-order valence-electron chi connectivity index (χ3n) is 4.58. The molecule has 2 N–H and O–H groups in total. The third kappa shape index (κ3) is 4.51. The summed E-state index contributed by atoms with van der Waals surface area (Å²) in [7, 11) is 1.59. The highest BCUT2D eigenvalue weighted by Gasteiger charge is 2.23. The number of urea groups is 1. The van der Waals surface area contributed by atoms with E-state index in [9.17, 15) is 4.79 Å². The number of amides is 2. The van der Waals surface area contributed by atoms with Crippen LogP contribution in [0.25, 0.3) is 0 Å². The summed E-state index contributed by atoms with van der Waals surface area (Å²) in [6.45, 7) is 2.73. The lowest BCUT2D eigenvalue weighted by atomic mass is 10.1. The van der Waals surface area contributed by atoms with Crippen molar-refractivity contribution in [2.24, 2.45) is 0 Å². The van der Waals surface area contributed by atoms with Crippen LogP contribution in [0.1, 0.15) is 24.4 Å². The quantitative estimate of drug-likeness (QED) is 0.844. The molecular formula is C20H25N3O2. The summed E-state index contributed by atoms with van der Waals surface area (Å²) in [5.74, 6) is 0.650. The molecule has 2 aromatic carbocycles. The van der Waals surface area contributed by atoms with E-state index in [1.54, 1.807) is 7.11 Å². The van der Waals surface area contributed by atoms with Crippen LogP contribution in [0.15, 0.2) is 54.6 Å². The molecule has 0 spiro atoms. The van der Waals surface area contributed by atoms with Crippen molar-refractivity contribution in [1.82, 2.24) is 10.2 Å². The highest BCUT2D eigenvalue weighted by molar-refractivity contribution is 5.90. The number of hydrogen-bond donors (Lipinski definition) is 2. The fraction of sp³-hybridized carbons (Fsp3) is 0.350. The summed E-state index contributed by atoms with van der Waals surface area (Å²) in [5.41, 5.74) is 1.90. The fourth-order valence-corrected chi connectivity index (χ4v) is 3.29. The smallest absolute Gasteiger partial charge is 0.319 e. The molecule has 5 heteroatoms. The summed E-state index contributed by atoms with van der Waals surface area (Å²) in [6.07, 6.45) is 2.44. The van der Waals surface area contributed by atoms with Gasteiger partial charge in [0.05, 0.1) is 18.8 Å². The van der Waals surface area contributed by atoms with Crippen molar-refractivity contribution >= 4 is 11.7 Å². The predicted octanol–water partition coefficient (Wildman–Crippen LogP) is 3.65. The van der Waals surface area contributed by atoms with Crippen LogP contribution < -0.4 is 15.4 Å². The summed E-state index contributed by atoms with van der Waals surface area (Å²) >= 11 is 0. The van der Waals surface area contributed by atoms with Gasteiger partial charge in [0, 0.05) is 6.54 Å². The van der Waals surface area contributed by atoms with Gasteiger partial charge in [0.25, 0.3) is 0 Å². The highest BCUT2D eigenvalue weighted by atomic mass is 16.5. The van der Waals surface area contributed by atoms with Gasteiger partial charge in [-0.05, 0) is 43.6 Å². The lowest BCUT2D eigenvalue weighted by Gasteiger charge is -2.28. The summed E-state index contributed by atoms with van der Waals surface area (Å²) < 4.78 is 5.27. The second-order valence-electron chi connectivity index (χ2n) is 6.20. The number of carbonyl (C=O) groups excluding carboxylic acids is 1. The number of nitrogens with one attached hydrogen (secondary N) is 2. The molecule has 1 heterocycles. The van der Waals surface area contributed by atoms with Crippen LogP contribution in [0.2, 0.25) is 0 Å². The SMILES string of the molecule is COc1ccccc1NC(=O)NC[C@H](c1ccccc1)N1CCCC1. The maximum Gasteiger partial charge on any atom is 0.319 e. The Morgan fingerprint density at radius 2 is 1.76 bits per heavy atom. The van der Waals surface area contributed by atoms with E-state index < -0.39 is 0 Å². The number of carbonyl (C=O) groups is 1. The molecule has 0 radical (unpaired) electrons. The van der Waals surface area contributed by atoms with Crippen LogP contribution >= 0.6 is 0 Å². The first-order chi connectivity index (χ1) is 12.3. The van der Waals surface area contributed by atoms with Crippen LogP contribution in [-0.4, -0.2) is 37.7 Å². The number of benzene rings is 2. The third-order valence-corrected chi connectivity index (χ3v) is 4.58. The normalized spacial score (nSPS) is 15.6. The Balaban J connectivity index is 1.63. The molecular weight excluding hydrogens is 314 g/mol. The number of nitrogens with zero attached hydrogens (tertiary/aromatic N) is 1. The minimum Gasteiger partial charge on any atom is -0.495 e. The van der Waals surface area contributed by atoms with E-state index in [0.29, 0.717) is 18.0 Å². The lowest BCUT2D eigenvalue weighted by molar-refractivity contribution is 0.227. The summed E-state index contributed by atoms with van der Waals surface area (Å²) in [6, 6.07) is 17.8. The molecule has 3 rings (SSSR count). The highest BCUT2D eigenvalue weighted by Crippen LogP contribution is 2.25. The number of ether oxygens (including phenoxy) is 1. The van der Waals surface area contributed by atoms with Crippen LogP contribution in [0.5, 0.6) is 5.75 Å². The van der Waals surface area contributed by atoms with E-state index in [0.717, 1.165) is 13.1 Å². The molecule has 1 aliphatic rings. The van der Waals surface area contributed by atoms with E-state index in [1.807, 2.05) is 42.5 Å². The monoisotopic (exact) mass is 339 g/mol. The Hall–Kier alpha value is -2.53. The zero-order valence-electron chi connectivity index (χ0n) is 14.6. The largest absolute Gasteiger partial charge is 0.495 e. The molecule has 0 saturated carbocycles. The van der Waals surface area contributed by atoms with E-state index in [2.05, 4.69) is 27.7 Å². The second kappa shape index (κ2) is 8.53. The Labute approximate surface area is 149 Å². The molecule has 0 unspecified atom stereocenters. The van der Waals surface area contributed by atoms with Crippen LogP contribution in [0, 0.1) is 0 Å². The number of hydrogen-bond acceptors (Lipinski definition) is 3. The van der Waals surface area contributed by atoms with Gasteiger partial charge in [-0.2, -0.15) is 0 Å². The molecule has 0 aliphatic carbocycles. The zero-order valence-corrected chi connectivity index (χ0v) is 14.6. The van der Waals surface area contributed by atoms with Gasteiger partial charge in [0.2, 0.25) is 0 Å². The van der Waals surface area contributed by atoms with Crippen molar-refractivity contribution in [2.75, 3.05) is 32.1 Å². The average Bonchev–Trinajstić information content (AvgIpc) is 3.18. The molecule has 0 aromatic heterocycles. The summed E-state index contributed by atoms with van der Waals surface area (Å²) in [4.78, 5) is 14.8. The molecule has 25 heavy (non-hydrogen) atoms. The van der Waals surface area contributed by atoms with Gasteiger partial charge >= 0.3 is 6.03 Å². The first kappa shape index (κ1) is 17.3. The van der Waals surface area contributed by atoms with Crippen molar-refractivity contribution in [3.8, 4) is 5.75 Å². The van der Waals surface area contributed by atoms with Crippen molar-refractivity contribution in [3.63, 3.8) is 0 Å². The predicted molar refractivity (Wildman–Crippen MR) is 100 cm³/mol. The molecule has 2 aromatic rings. The van der Waals surface area contributed by atoms with Gasteiger partial charge in [-0.25, -0.2) is 4.79 Å². The maximum atomic E-state index is 12.3. The number of methoxy groups -OCH3 is 1. The van der Waals surface area contributed by atoms with E-state index in [-0.39, 0.29) is 12.1 Å². The Kier molecular flexibility index (Phi) is 5.90. The molecule has 1 fully saturated rings. The number of likely N-dealkylation sites (tertiary alicyclic amines) is 1. The van der Waals surface area contributed by atoms with Gasteiger partial charge in [-0.15, -0.1) is 0 Å². The number of rotatable bonds is 6. The first-order valence-electron chi connectivity index (χ1n) is 8.75. The number of para-hydroxylation sites is 2. The standard InChI is InChI=1S/C20H25N3O2/c1-25-19-12-6-5-11-17(19)22-20(24)21-15-18(23-13-7-8-14-23)16-9-3-2-4-10-16/h2-6,9-12,18H,7-8,13-15H2,1H3,(H2,21,22,24)/t18-/m1/s1. The van der Waals surface area contributed by atoms with Crippen molar-refractivity contribution < 1.29 is 9.53 Å². The van der Waals surface area contributed by atoms with Crippen molar-refractivity contribution in [3.05, 3.63) is 60.2 Å². The maximum absolute atomic E-state index is 12.3. The van der Waals surface area contributed by atoms with Gasteiger partial charge in [-0.1, -0.05) is 42.5 Å². The minimum absolute atomic E-state index is 0.201. The Morgan fingerprint density at radius 3 is 2.48 bits per heavy atom. The van der Waals surface area contributed by atoms with Crippen molar-refractivity contribution in [1.29, 1.82) is 0 Å². The summed E-state index contributed by atoms with van der Waals surface area (Å²) in [5, 5.41) is 5.88. The molecule has 5 nitrogen and oxygen atoms in total. The van der Waals surface area contributed by atoms with Gasteiger partial charge in [-0.3, -0.25) is 4.90 Å². The first-order valence-corrected chi connectivity index (χ1v) is 8.75. The van der Waals surface area contributed by atoms with Crippen LogP contribution in [0.3, 0.4) is 0 Å². The Bertz CT molecular complexity index is 684. The second-order valence-corrected chi connectivity index (χ2v) is 6.20. The van der Waals surface area contributed by atoms with E-state index in [4.69, 9.17) is 4.74 Å². The van der Waals surface area contributed by atoms with Gasteiger partial charge in [0.1, 0.15) is 5.75 Å². The molecule has 0 bridgehead atoms. The fourth-order valence-electron chi connectivity index (χ4n) is 3.29. The lowest BCUT2D eigenvalue weighted by Crippen LogP contribution is -2.38. The minimum atomic E-state index is -0.218. The van der Waals surface area contributed by atoms with E-state index >= 15 is 0 Å². The number of anilines is 1. The topological polar surface area (TPSA) is 53.6 Å². The van der Waals surface area contributed by atoms with Crippen LogP contribution in [-0.2, 0) is 0 Å². The van der Waals surface area contributed by atoms with E-state index in [1.165, 1.54) is 18.4 Å². The molecule has 1 aliphatic heterocycles. The molecule has 1 saturated heterocycles. The zero-order chi connectivity index (χ0) is 17.5. The molecule has 132 valence electrons. The molecule has 1 atom stereocenters. The van der Waals surface area contributed by atoms with Crippen molar-refractivity contribution in [2.45, 2.75) is 18.9 Å². The van der Waals surface area contributed by atoms with Gasteiger partial charge < -0.3 is 15.4 Å². The van der Waals surface area contributed by atoms with Gasteiger partial charge in [0.15, 0.2) is 0 Å².